The molecule has 2 N–H and O–H groups in total. The molecule has 1 amide bonds. The summed E-state index contributed by atoms with van der Waals surface area (Å²) in [4.78, 5) is 28.5. The summed E-state index contributed by atoms with van der Waals surface area (Å²) in [5.41, 5.74) is 5.83. The number of aromatic nitrogens is 2. The molecule has 2 heterocycles. The maximum absolute atomic E-state index is 12.5. The molecule has 0 saturated heterocycles. The van der Waals surface area contributed by atoms with Crippen molar-refractivity contribution in [3.63, 3.8) is 0 Å². The molecule has 0 radical (unpaired) electrons. The van der Waals surface area contributed by atoms with Crippen LogP contribution in [0, 0.1) is 6.92 Å². The molecular weight excluding hydrogens is 338 g/mol. The number of nitrogens with zero attached hydrogens (tertiary/aromatic N) is 1. The monoisotopic (exact) mass is 363 g/mol. The number of pyridine rings is 1. The second-order valence-corrected chi connectivity index (χ2v) is 7.29. The van der Waals surface area contributed by atoms with E-state index in [1.165, 1.54) is 35.0 Å². The zero-order chi connectivity index (χ0) is 19.0. The predicted molar refractivity (Wildman–Crippen MR) is 107 cm³/mol. The molecule has 0 bridgehead atoms. The minimum atomic E-state index is -0.321. The lowest BCUT2D eigenvalue weighted by Gasteiger charge is -2.11. The number of aryl methyl sites for hydroxylation is 3. The van der Waals surface area contributed by atoms with E-state index >= 15 is 0 Å². The van der Waals surface area contributed by atoms with Crippen molar-refractivity contribution in [2.24, 2.45) is 0 Å². The van der Waals surface area contributed by atoms with Crippen LogP contribution in [0.1, 0.15) is 52.6 Å². The fraction of sp³-hybridized carbons (Fsp3) is 0.364. The number of rotatable bonds is 4. The molecule has 1 aliphatic carbocycles. The normalized spacial score (nSPS) is 13.6. The minimum Gasteiger partial charge on any atom is -0.358 e. The van der Waals surface area contributed by atoms with Gasteiger partial charge in [0.25, 0.3) is 11.5 Å². The quantitative estimate of drug-likeness (QED) is 0.745. The Kier molecular flexibility index (Phi) is 4.60. The van der Waals surface area contributed by atoms with Crippen molar-refractivity contribution in [3.05, 3.63) is 68.8 Å². The predicted octanol–water partition coefficient (Wildman–Crippen LogP) is 3.47. The largest absolute Gasteiger partial charge is 0.358 e. The Morgan fingerprint density at radius 3 is 2.81 bits per heavy atom. The molecule has 0 unspecified atom stereocenters. The van der Waals surface area contributed by atoms with Gasteiger partial charge in [-0.15, -0.1) is 0 Å². The summed E-state index contributed by atoms with van der Waals surface area (Å²) in [5, 5.41) is 4.17. The van der Waals surface area contributed by atoms with Crippen LogP contribution in [0.25, 0.3) is 10.9 Å². The Hall–Kier alpha value is -2.82. The van der Waals surface area contributed by atoms with Crippen molar-refractivity contribution in [1.82, 2.24) is 14.9 Å². The van der Waals surface area contributed by atoms with Crippen LogP contribution in [-0.4, -0.2) is 15.5 Å². The maximum atomic E-state index is 12.5. The van der Waals surface area contributed by atoms with Gasteiger partial charge in [-0.1, -0.05) is 6.07 Å². The standard InChI is InChI=1S/C22H25N3O2/c1-3-25-14(2)8-10-17(22(25)27)21(26)23-13-15-9-11-20-18(12-15)16-6-4-5-7-19(16)24-20/h8-12,24H,3-7,13H2,1-2H3,(H,23,26). The average molecular weight is 363 g/mol. The van der Waals surface area contributed by atoms with Gasteiger partial charge in [0.2, 0.25) is 0 Å². The molecule has 0 aliphatic heterocycles. The van der Waals surface area contributed by atoms with Gasteiger partial charge in [0, 0.05) is 35.4 Å². The summed E-state index contributed by atoms with van der Waals surface area (Å²) in [5.74, 6) is -0.321. The molecule has 140 valence electrons. The molecule has 0 spiro atoms. The first-order valence-corrected chi connectivity index (χ1v) is 9.69. The Balaban J connectivity index is 1.55. The third-order valence-electron chi connectivity index (χ3n) is 5.57. The van der Waals surface area contributed by atoms with E-state index in [2.05, 4.69) is 22.4 Å². The van der Waals surface area contributed by atoms with Crippen molar-refractivity contribution >= 4 is 16.8 Å². The number of carbonyl (C=O) groups excluding carboxylic acids is 1. The van der Waals surface area contributed by atoms with Crippen molar-refractivity contribution < 1.29 is 4.79 Å². The van der Waals surface area contributed by atoms with E-state index in [1.807, 2.05) is 26.0 Å². The highest BCUT2D eigenvalue weighted by atomic mass is 16.2. The molecule has 3 aromatic rings. The van der Waals surface area contributed by atoms with Crippen LogP contribution in [0.4, 0.5) is 0 Å². The van der Waals surface area contributed by atoms with Gasteiger partial charge in [-0.05, 0) is 74.9 Å². The van der Waals surface area contributed by atoms with Crippen LogP contribution in [0.2, 0.25) is 0 Å². The van der Waals surface area contributed by atoms with Gasteiger partial charge in [0.05, 0.1) is 0 Å². The number of carbonyl (C=O) groups is 1. The zero-order valence-corrected chi connectivity index (χ0v) is 15.9. The van der Waals surface area contributed by atoms with Gasteiger partial charge in [-0.3, -0.25) is 9.59 Å². The molecule has 5 heteroatoms. The highest BCUT2D eigenvalue weighted by Crippen LogP contribution is 2.29. The Labute approximate surface area is 158 Å². The smallest absolute Gasteiger partial charge is 0.263 e. The summed E-state index contributed by atoms with van der Waals surface area (Å²) in [6, 6.07) is 9.72. The van der Waals surface area contributed by atoms with Gasteiger partial charge < -0.3 is 14.9 Å². The average Bonchev–Trinajstić information content (AvgIpc) is 3.04. The molecule has 27 heavy (non-hydrogen) atoms. The van der Waals surface area contributed by atoms with Crippen LogP contribution in [0.5, 0.6) is 0 Å². The highest BCUT2D eigenvalue weighted by molar-refractivity contribution is 5.94. The van der Waals surface area contributed by atoms with Crippen LogP contribution in [0.3, 0.4) is 0 Å². The van der Waals surface area contributed by atoms with Gasteiger partial charge in [0.15, 0.2) is 0 Å². The number of fused-ring (bicyclic) bond motifs is 3. The Bertz CT molecular complexity index is 1080. The van der Waals surface area contributed by atoms with Crippen molar-refractivity contribution in [2.45, 2.75) is 52.6 Å². The van der Waals surface area contributed by atoms with Crippen molar-refractivity contribution in [3.8, 4) is 0 Å². The Morgan fingerprint density at radius 1 is 1.19 bits per heavy atom. The fourth-order valence-corrected chi connectivity index (χ4v) is 4.08. The molecule has 5 nitrogen and oxygen atoms in total. The molecule has 4 rings (SSSR count). The summed E-state index contributed by atoms with van der Waals surface area (Å²) in [7, 11) is 0. The first-order chi connectivity index (χ1) is 13.1. The third-order valence-corrected chi connectivity index (χ3v) is 5.57. The van der Waals surface area contributed by atoms with Crippen LogP contribution in [0.15, 0.2) is 35.1 Å². The lowest BCUT2D eigenvalue weighted by atomic mass is 9.95. The molecule has 1 aromatic carbocycles. The second kappa shape index (κ2) is 7.06. The minimum absolute atomic E-state index is 0.197. The van der Waals surface area contributed by atoms with Gasteiger partial charge in [0.1, 0.15) is 5.56 Å². The SMILES string of the molecule is CCn1c(C)ccc(C(=O)NCc2ccc3[nH]c4c(c3c2)CCCC4)c1=O. The molecule has 2 aromatic heterocycles. The Morgan fingerprint density at radius 2 is 2.00 bits per heavy atom. The first-order valence-electron chi connectivity index (χ1n) is 9.69. The maximum Gasteiger partial charge on any atom is 0.263 e. The van der Waals surface area contributed by atoms with Crippen LogP contribution in [-0.2, 0) is 25.9 Å². The van der Waals surface area contributed by atoms with E-state index < -0.39 is 0 Å². The number of hydrogen-bond acceptors (Lipinski definition) is 2. The van der Waals surface area contributed by atoms with Crippen molar-refractivity contribution in [2.75, 3.05) is 0 Å². The van der Waals surface area contributed by atoms with Gasteiger partial charge in [-0.25, -0.2) is 0 Å². The van der Waals surface area contributed by atoms with E-state index in [0.29, 0.717) is 13.1 Å². The molecular formula is C22H25N3O2. The molecule has 0 atom stereocenters. The summed E-state index contributed by atoms with van der Waals surface area (Å²) in [6.45, 7) is 4.75. The second-order valence-electron chi connectivity index (χ2n) is 7.29. The molecule has 1 aliphatic rings. The van der Waals surface area contributed by atoms with Crippen LogP contribution < -0.4 is 10.9 Å². The number of amides is 1. The zero-order valence-electron chi connectivity index (χ0n) is 15.9. The highest BCUT2D eigenvalue weighted by Gasteiger charge is 2.16. The van der Waals surface area contributed by atoms with E-state index in [-0.39, 0.29) is 17.0 Å². The first kappa shape index (κ1) is 17.6. The number of aromatic amines is 1. The van der Waals surface area contributed by atoms with Gasteiger partial charge >= 0.3 is 0 Å². The summed E-state index contributed by atoms with van der Waals surface area (Å²) >= 11 is 0. The third kappa shape index (κ3) is 3.18. The number of hydrogen-bond donors (Lipinski definition) is 2. The number of nitrogens with one attached hydrogen (secondary N) is 2. The number of benzene rings is 1. The van der Waals surface area contributed by atoms with Crippen molar-refractivity contribution in [1.29, 1.82) is 0 Å². The summed E-state index contributed by atoms with van der Waals surface area (Å²) in [6.07, 6.45) is 4.71. The molecule has 0 saturated carbocycles. The lowest BCUT2D eigenvalue weighted by molar-refractivity contribution is 0.0949. The number of H-pyrrole nitrogens is 1. The lowest BCUT2D eigenvalue weighted by Crippen LogP contribution is -2.33. The van der Waals surface area contributed by atoms with Crippen LogP contribution >= 0.6 is 0 Å². The van der Waals surface area contributed by atoms with E-state index in [0.717, 1.165) is 24.1 Å². The fourth-order valence-electron chi connectivity index (χ4n) is 4.08. The topological polar surface area (TPSA) is 66.9 Å². The van der Waals surface area contributed by atoms with Gasteiger partial charge in [-0.2, -0.15) is 0 Å². The van der Waals surface area contributed by atoms with E-state index in [9.17, 15) is 9.59 Å². The molecule has 0 fully saturated rings. The van der Waals surface area contributed by atoms with E-state index in [4.69, 9.17) is 0 Å². The summed E-state index contributed by atoms with van der Waals surface area (Å²) < 4.78 is 1.62. The van der Waals surface area contributed by atoms with E-state index in [1.54, 1.807) is 10.6 Å².